The van der Waals surface area contributed by atoms with Crippen LogP contribution in [-0.4, -0.2) is 65.3 Å². The molecule has 1 amide bonds. The van der Waals surface area contributed by atoms with Gasteiger partial charge in [-0.3, -0.25) is 9.10 Å². The number of carbonyl (C=O) groups excluding carboxylic acids is 1. The molecule has 0 N–H and O–H groups in total. The molecule has 2 aromatic rings. The minimum Gasteiger partial charge on any atom is -0.497 e. The first-order valence-corrected chi connectivity index (χ1v) is 12.3. The molecule has 1 fully saturated rings. The molecule has 7 nitrogen and oxygen atoms in total. The molecule has 31 heavy (non-hydrogen) atoms. The number of sulfonamides is 1. The second-order valence-electron chi connectivity index (χ2n) is 7.84. The third-order valence-electron chi connectivity index (χ3n) is 5.54. The van der Waals surface area contributed by atoms with E-state index in [4.69, 9.17) is 4.74 Å². The Balaban J connectivity index is 1.49. The second-order valence-corrected chi connectivity index (χ2v) is 9.75. The maximum Gasteiger partial charge on any atom is 0.232 e. The van der Waals surface area contributed by atoms with Gasteiger partial charge in [-0.2, -0.15) is 0 Å². The molecule has 168 valence electrons. The molecule has 0 aliphatic carbocycles. The van der Waals surface area contributed by atoms with Gasteiger partial charge in [0, 0.05) is 44.8 Å². The average Bonchev–Trinajstić information content (AvgIpc) is 2.77. The van der Waals surface area contributed by atoms with Crippen LogP contribution in [0.1, 0.15) is 18.4 Å². The summed E-state index contributed by atoms with van der Waals surface area (Å²) in [6.45, 7) is 5.13. The van der Waals surface area contributed by atoms with Crippen molar-refractivity contribution >= 4 is 27.3 Å². The van der Waals surface area contributed by atoms with Gasteiger partial charge in [0.15, 0.2) is 0 Å². The van der Waals surface area contributed by atoms with Crippen molar-refractivity contribution in [2.24, 2.45) is 0 Å². The minimum atomic E-state index is -3.40. The molecule has 1 heterocycles. The van der Waals surface area contributed by atoms with Crippen LogP contribution in [0.25, 0.3) is 0 Å². The first-order valence-electron chi connectivity index (χ1n) is 10.5. The van der Waals surface area contributed by atoms with E-state index in [1.165, 1.54) is 10.6 Å². The molecule has 0 radical (unpaired) electrons. The molecule has 0 bridgehead atoms. The van der Waals surface area contributed by atoms with Crippen LogP contribution in [0.15, 0.2) is 48.5 Å². The van der Waals surface area contributed by atoms with Crippen LogP contribution in [0.3, 0.4) is 0 Å². The van der Waals surface area contributed by atoms with Gasteiger partial charge in [0.05, 0.1) is 19.1 Å². The maximum absolute atomic E-state index is 12.7. The summed E-state index contributed by atoms with van der Waals surface area (Å²) in [7, 11) is -1.76. The summed E-state index contributed by atoms with van der Waals surface area (Å²) in [4.78, 5) is 16.8. The van der Waals surface area contributed by atoms with Crippen LogP contribution in [0.4, 0.5) is 11.4 Å². The van der Waals surface area contributed by atoms with Crippen LogP contribution in [0.5, 0.6) is 5.75 Å². The first-order chi connectivity index (χ1) is 14.8. The fourth-order valence-corrected chi connectivity index (χ4v) is 4.70. The van der Waals surface area contributed by atoms with Crippen LogP contribution in [-0.2, 0) is 14.8 Å². The number of carbonyl (C=O) groups is 1. The number of methoxy groups -OCH3 is 1. The SMILES string of the molecule is COc1ccc(N2CCN(C(=O)CCCN(c3ccc(C)cc3)S(C)(=O)=O)CC2)cc1. The lowest BCUT2D eigenvalue weighted by molar-refractivity contribution is -0.131. The Morgan fingerprint density at radius 3 is 2.16 bits per heavy atom. The fraction of sp³-hybridized carbons (Fsp3) is 0.435. The number of anilines is 2. The molecule has 0 aromatic heterocycles. The van der Waals surface area contributed by atoms with Crippen molar-refractivity contribution in [2.75, 3.05) is 55.3 Å². The Bertz CT molecular complexity index is 967. The van der Waals surface area contributed by atoms with E-state index in [1.807, 2.05) is 48.2 Å². The fourth-order valence-electron chi connectivity index (χ4n) is 3.74. The quantitative estimate of drug-likeness (QED) is 0.625. The Labute approximate surface area is 185 Å². The minimum absolute atomic E-state index is 0.0757. The highest BCUT2D eigenvalue weighted by atomic mass is 32.2. The Kier molecular flexibility index (Phi) is 7.43. The predicted molar refractivity (Wildman–Crippen MR) is 124 cm³/mol. The van der Waals surface area contributed by atoms with E-state index >= 15 is 0 Å². The number of hydrogen-bond donors (Lipinski definition) is 0. The van der Waals surface area contributed by atoms with Gasteiger partial charge in [0.2, 0.25) is 15.9 Å². The Morgan fingerprint density at radius 1 is 1.00 bits per heavy atom. The third-order valence-corrected chi connectivity index (χ3v) is 6.74. The topological polar surface area (TPSA) is 70.2 Å². The molecule has 2 aromatic carbocycles. The zero-order chi connectivity index (χ0) is 22.4. The molecule has 0 saturated carbocycles. The van der Waals surface area contributed by atoms with Gasteiger partial charge >= 0.3 is 0 Å². The van der Waals surface area contributed by atoms with E-state index < -0.39 is 10.0 Å². The molecule has 1 saturated heterocycles. The van der Waals surface area contributed by atoms with Crippen molar-refractivity contribution in [1.29, 1.82) is 0 Å². The number of aryl methyl sites for hydroxylation is 1. The van der Waals surface area contributed by atoms with E-state index in [0.717, 1.165) is 30.1 Å². The highest BCUT2D eigenvalue weighted by molar-refractivity contribution is 7.92. The lowest BCUT2D eigenvalue weighted by atomic mass is 10.2. The van der Waals surface area contributed by atoms with Gasteiger partial charge in [0.1, 0.15) is 5.75 Å². The second kappa shape index (κ2) is 10.0. The lowest BCUT2D eigenvalue weighted by Gasteiger charge is -2.36. The van der Waals surface area contributed by atoms with Gasteiger partial charge in [-0.1, -0.05) is 17.7 Å². The van der Waals surface area contributed by atoms with Crippen LogP contribution in [0, 0.1) is 6.92 Å². The third kappa shape index (κ3) is 6.13. The van der Waals surface area contributed by atoms with E-state index in [9.17, 15) is 13.2 Å². The van der Waals surface area contributed by atoms with Gasteiger partial charge in [0.25, 0.3) is 0 Å². The lowest BCUT2D eigenvalue weighted by Crippen LogP contribution is -2.48. The number of benzene rings is 2. The molecular weight excluding hydrogens is 414 g/mol. The monoisotopic (exact) mass is 445 g/mol. The van der Waals surface area contributed by atoms with Crippen molar-refractivity contribution in [3.63, 3.8) is 0 Å². The molecule has 1 aliphatic heterocycles. The van der Waals surface area contributed by atoms with Crippen molar-refractivity contribution in [1.82, 2.24) is 4.90 Å². The molecule has 0 spiro atoms. The Hall–Kier alpha value is -2.74. The summed E-state index contributed by atoms with van der Waals surface area (Å²) in [5, 5.41) is 0. The first kappa shape index (κ1) is 22.9. The summed E-state index contributed by atoms with van der Waals surface area (Å²) < 4.78 is 31.0. The molecule has 0 atom stereocenters. The van der Waals surface area contributed by atoms with Crippen LogP contribution in [0.2, 0.25) is 0 Å². The summed E-state index contributed by atoms with van der Waals surface area (Å²) in [5.41, 5.74) is 2.82. The summed E-state index contributed by atoms with van der Waals surface area (Å²) in [6, 6.07) is 15.3. The highest BCUT2D eigenvalue weighted by Crippen LogP contribution is 2.21. The van der Waals surface area contributed by atoms with Crippen LogP contribution >= 0.6 is 0 Å². The summed E-state index contributed by atoms with van der Waals surface area (Å²) in [6.07, 6.45) is 2.02. The predicted octanol–water partition coefficient (Wildman–Crippen LogP) is 2.90. The van der Waals surface area contributed by atoms with Crippen molar-refractivity contribution in [3.05, 3.63) is 54.1 Å². The number of ether oxygens (including phenoxy) is 1. The van der Waals surface area contributed by atoms with Gasteiger partial charge in [-0.25, -0.2) is 8.42 Å². The number of hydrogen-bond acceptors (Lipinski definition) is 5. The standard InChI is InChI=1S/C23H31N3O4S/c1-19-6-8-21(9-7-19)26(31(3,28)29)14-4-5-23(27)25-17-15-24(16-18-25)20-10-12-22(30-2)13-11-20/h6-13H,4-5,14-18H2,1-3H3. The van der Waals surface area contributed by atoms with E-state index in [1.54, 1.807) is 19.2 Å². The number of nitrogens with zero attached hydrogens (tertiary/aromatic N) is 3. The summed E-state index contributed by atoms with van der Waals surface area (Å²) in [5.74, 6) is 0.901. The molecule has 8 heteroatoms. The average molecular weight is 446 g/mol. The van der Waals surface area contributed by atoms with E-state index in [0.29, 0.717) is 38.2 Å². The van der Waals surface area contributed by atoms with Crippen molar-refractivity contribution in [3.8, 4) is 5.75 Å². The van der Waals surface area contributed by atoms with Gasteiger partial charge in [-0.15, -0.1) is 0 Å². The zero-order valence-electron chi connectivity index (χ0n) is 18.5. The van der Waals surface area contributed by atoms with E-state index in [2.05, 4.69) is 4.90 Å². The number of piperazine rings is 1. The summed E-state index contributed by atoms with van der Waals surface area (Å²) >= 11 is 0. The van der Waals surface area contributed by atoms with Crippen molar-refractivity contribution < 1.29 is 17.9 Å². The number of amides is 1. The van der Waals surface area contributed by atoms with Crippen LogP contribution < -0.4 is 13.9 Å². The number of rotatable bonds is 8. The molecular formula is C23H31N3O4S. The largest absolute Gasteiger partial charge is 0.497 e. The molecule has 1 aliphatic rings. The van der Waals surface area contributed by atoms with E-state index in [-0.39, 0.29) is 5.91 Å². The van der Waals surface area contributed by atoms with Crippen molar-refractivity contribution in [2.45, 2.75) is 19.8 Å². The maximum atomic E-state index is 12.7. The molecule has 3 rings (SSSR count). The Morgan fingerprint density at radius 2 is 1.61 bits per heavy atom. The normalized spacial score (nSPS) is 14.4. The molecule has 0 unspecified atom stereocenters. The van der Waals surface area contributed by atoms with Gasteiger partial charge in [-0.05, 0) is 49.7 Å². The highest BCUT2D eigenvalue weighted by Gasteiger charge is 2.22. The smallest absolute Gasteiger partial charge is 0.232 e. The zero-order valence-corrected chi connectivity index (χ0v) is 19.3. The van der Waals surface area contributed by atoms with Gasteiger partial charge < -0.3 is 14.5 Å².